The summed E-state index contributed by atoms with van der Waals surface area (Å²) < 4.78 is 10.7. The van der Waals surface area contributed by atoms with Gasteiger partial charge in [-0.25, -0.2) is 0 Å². The van der Waals surface area contributed by atoms with Crippen molar-refractivity contribution in [2.24, 2.45) is 5.73 Å². The third-order valence-electron chi connectivity index (χ3n) is 3.66. The molecule has 2 aromatic rings. The van der Waals surface area contributed by atoms with Crippen molar-refractivity contribution in [2.75, 3.05) is 20.3 Å². The summed E-state index contributed by atoms with van der Waals surface area (Å²) in [6, 6.07) is 13.2. The molecule has 0 radical (unpaired) electrons. The van der Waals surface area contributed by atoms with E-state index in [1.807, 2.05) is 37.3 Å². The van der Waals surface area contributed by atoms with Crippen molar-refractivity contribution in [2.45, 2.75) is 20.0 Å². The molecule has 0 fully saturated rings. The summed E-state index contributed by atoms with van der Waals surface area (Å²) in [6.07, 6.45) is 0. The van der Waals surface area contributed by atoms with E-state index < -0.39 is 0 Å². The highest BCUT2D eigenvalue weighted by atomic mass is 35.5. The molecule has 136 valence electrons. The second-order valence-electron chi connectivity index (χ2n) is 5.54. The van der Waals surface area contributed by atoms with Crippen molar-refractivity contribution in [3.05, 3.63) is 64.7 Å². The monoisotopic (exact) mass is 364 g/mol. The number of nitrogens with one attached hydrogen (secondary N) is 1. The van der Waals surface area contributed by atoms with Gasteiger partial charge in [0.1, 0.15) is 12.4 Å². The Morgan fingerprint density at radius 3 is 2.48 bits per heavy atom. The number of amides is 1. The Kier molecular flexibility index (Phi) is 8.99. The van der Waals surface area contributed by atoms with E-state index in [0.717, 1.165) is 22.4 Å². The fourth-order valence-electron chi connectivity index (χ4n) is 2.25. The molecule has 0 unspecified atom stereocenters. The molecule has 0 spiro atoms. The number of ether oxygens (including phenoxy) is 2. The summed E-state index contributed by atoms with van der Waals surface area (Å²) in [6.45, 7) is 3.87. The molecule has 0 aromatic heterocycles. The average Bonchev–Trinajstić information content (AvgIpc) is 2.61. The molecule has 25 heavy (non-hydrogen) atoms. The number of hydrogen-bond acceptors (Lipinski definition) is 4. The first-order valence-electron chi connectivity index (χ1n) is 7.92. The van der Waals surface area contributed by atoms with Crippen molar-refractivity contribution in [1.29, 1.82) is 0 Å². The summed E-state index contributed by atoms with van der Waals surface area (Å²) in [5.74, 6) is 0.646. The van der Waals surface area contributed by atoms with Crippen LogP contribution in [0.25, 0.3) is 0 Å². The Morgan fingerprint density at radius 1 is 1.12 bits per heavy atom. The van der Waals surface area contributed by atoms with E-state index in [1.54, 1.807) is 19.2 Å². The van der Waals surface area contributed by atoms with Gasteiger partial charge in [0.15, 0.2) is 0 Å². The van der Waals surface area contributed by atoms with Crippen molar-refractivity contribution < 1.29 is 14.3 Å². The first-order valence-corrected chi connectivity index (χ1v) is 7.92. The van der Waals surface area contributed by atoms with Gasteiger partial charge in [0.2, 0.25) is 0 Å². The van der Waals surface area contributed by atoms with Gasteiger partial charge < -0.3 is 20.5 Å². The molecule has 0 aliphatic rings. The van der Waals surface area contributed by atoms with Crippen LogP contribution in [0.15, 0.2) is 42.5 Å². The SMILES string of the molecule is COCCOc1cc(C)ccc1CNC(=O)c1ccc(CN)cc1.Cl. The Bertz CT molecular complexity index is 675. The smallest absolute Gasteiger partial charge is 0.251 e. The summed E-state index contributed by atoms with van der Waals surface area (Å²) in [5.41, 5.74) is 9.22. The number of benzene rings is 2. The zero-order chi connectivity index (χ0) is 17.4. The fourth-order valence-corrected chi connectivity index (χ4v) is 2.25. The zero-order valence-electron chi connectivity index (χ0n) is 14.6. The predicted molar refractivity (Wildman–Crippen MR) is 101 cm³/mol. The number of hydrogen-bond donors (Lipinski definition) is 2. The number of carbonyl (C=O) groups is 1. The van der Waals surface area contributed by atoms with Crippen LogP contribution >= 0.6 is 12.4 Å². The van der Waals surface area contributed by atoms with Crippen LogP contribution in [-0.2, 0) is 17.8 Å². The predicted octanol–water partition coefficient (Wildman–Crippen LogP) is 2.83. The lowest BCUT2D eigenvalue weighted by atomic mass is 10.1. The van der Waals surface area contributed by atoms with Gasteiger partial charge in [0.25, 0.3) is 5.91 Å². The number of methoxy groups -OCH3 is 1. The Labute approximate surface area is 154 Å². The number of nitrogens with two attached hydrogens (primary N) is 1. The summed E-state index contributed by atoms with van der Waals surface area (Å²) >= 11 is 0. The maximum absolute atomic E-state index is 12.3. The third kappa shape index (κ3) is 6.38. The van der Waals surface area contributed by atoms with Gasteiger partial charge in [-0.05, 0) is 36.2 Å². The van der Waals surface area contributed by atoms with E-state index in [2.05, 4.69) is 5.32 Å². The van der Waals surface area contributed by atoms with Gasteiger partial charge >= 0.3 is 0 Å². The first-order chi connectivity index (χ1) is 11.6. The molecule has 0 heterocycles. The molecule has 0 atom stereocenters. The van der Waals surface area contributed by atoms with E-state index in [-0.39, 0.29) is 18.3 Å². The summed E-state index contributed by atoms with van der Waals surface area (Å²) in [5, 5.41) is 2.92. The molecule has 0 bridgehead atoms. The van der Waals surface area contributed by atoms with Crippen molar-refractivity contribution in [3.63, 3.8) is 0 Å². The highest BCUT2D eigenvalue weighted by molar-refractivity contribution is 5.94. The Balaban J connectivity index is 0.00000312. The molecular formula is C19H25ClN2O3. The molecule has 5 nitrogen and oxygen atoms in total. The molecule has 0 aliphatic heterocycles. The number of halogens is 1. The van der Waals surface area contributed by atoms with E-state index in [4.69, 9.17) is 15.2 Å². The minimum atomic E-state index is -0.123. The molecule has 2 aromatic carbocycles. The molecule has 0 saturated carbocycles. The number of carbonyl (C=O) groups excluding carboxylic acids is 1. The molecule has 0 saturated heterocycles. The number of aryl methyl sites for hydroxylation is 1. The van der Waals surface area contributed by atoms with Gasteiger partial charge in [-0.1, -0.05) is 24.3 Å². The second-order valence-corrected chi connectivity index (χ2v) is 5.54. The van der Waals surface area contributed by atoms with E-state index in [1.165, 1.54) is 0 Å². The van der Waals surface area contributed by atoms with Gasteiger partial charge in [-0.15, -0.1) is 12.4 Å². The maximum Gasteiger partial charge on any atom is 0.251 e. The fraction of sp³-hybridized carbons (Fsp3) is 0.316. The van der Waals surface area contributed by atoms with Crippen LogP contribution in [-0.4, -0.2) is 26.2 Å². The lowest BCUT2D eigenvalue weighted by molar-refractivity contribution is 0.0950. The van der Waals surface area contributed by atoms with E-state index in [9.17, 15) is 4.79 Å². The van der Waals surface area contributed by atoms with Crippen LogP contribution in [0.2, 0.25) is 0 Å². The molecular weight excluding hydrogens is 340 g/mol. The Hall–Kier alpha value is -2.08. The van der Waals surface area contributed by atoms with Crippen LogP contribution in [0.1, 0.15) is 27.0 Å². The van der Waals surface area contributed by atoms with Crippen LogP contribution in [0, 0.1) is 6.92 Å². The minimum Gasteiger partial charge on any atom is -0.491 e. The quantitative estimate of drug-likeness (QED) is 0.706. The molecule has 2 rings (SSSR count). The van der Waals surface area contributed by atoms with Crippen LogP contribution in [0.3, 0.4) is 0 Å². The average molecular weight is 365 g/mol. The lowest BCUT2D eigenvalue weighted by Gasteiger charge is -2.13. The van der Waals surface area contributed by atoms with Gasteiger partial charge in [-0.2, -0.15) is 0 Å². The standard InChI is InChI=1S/C19H24N2O3.ClH/c1-14-3-6-17(18(11-14)24-10-9-23-2)13-21-19(22)16-7-4-15(12-20)5-8-16;/h3-8,11H,9-10,12-13,20H2,1-2H3,(H,21,22);1H. The largest absolute Gasteiger partial charge is 0.491 e. The van der Waals surface area contributed by atoms with Crippen LogP contribution < -0.4 is 15.8 Å². The van der Waals surface area contributed by atoms with Crippen molar-refractivity contribution in [1.82, 2.24) is 5.32 Å². The second kappa shape index (κ2) is 10.7. The molecule has 0 aliphatic carbocycles. The lowest BCUT2D eigenvalue weighted by Crippen LogP contribution is -2.23. The summed E-state index contributed by atoms with van der Waals surface area (Å²) in [4.78, 5) is 12.3. The molecule has 3 N–H and O–H groups in total. The highest BCUT2D eigenvalue weighted by Gasteiger charge is 2.09. The van der Waals surface area contributed by atoms with E-state index >= 15 is 0 Å². The molecule has 6 heteroatoms. The topological polar surface area (TPSA) is 73.6 Å². The minimum absolute atomic E-state index is 0. The van der Waals surface area contributed by atoms with Crippen molar-refractivity contribution >= 4 is 18.3 Å². The molecule has 1 amide bonds. The van der Waals surface area contributed by atoms with Gasteiger partial charge in [0.05, 0.1) is 6.61 Å². The summed E-state index contributed by atoms with van der Waals surface area (Å²) in [7, 11) is 1.64. The third-order valence-corrected chi connectivity index (χ3v) is 3.66. The normalized spacial score (nSPS) is 10.0. The van der Waals surface area contributed by atoms with Crippen LogP contribution in [0.4, 0.5) is 0 Å². The van der Waals surface area contributed by atoms with Crippen molar-refractivity contribution in [3.8, 4) is 5.75 Å². The highest BCUT2D eigenvalue weighted by Crippen LogP contribution is 2.20. The van der Waals surface area contributed by atoms with E-state index in [0.29, 0.717) is 31.9 Å². The maximum atomic E-state index is 12.3. The zero-order valence-corrected chi connectivity index (χ0v) is 15.4. The van der Waals surface area contributed by atoms with Gasteiger partial charge in [0, 0.05) is 31.3 Å². The first kappa shape index (κ1) is 21.0. The number of rotatable bonds is 8. The van der Waals surface area contributed by atoms with Gasteiger partial charge in [-0.3, -0.25) is 4.79 Å². The van der Waals surface area contributed by atoms with Crippen LogP contribution in [0.5, 0.6) is 5.75 Å². The Morgan fingerprint density at radius 2 is 1.84 bits per heavy atom.